The van der Waals surface area contributed by atoms with E-state index in [-0.39, 0.29) is 11.2 Å². The van der Waals surface area contributed by atoms with E-state index in [0.717, 1.165) is 23.2 Å². The van der Waals surface area contributed by atoms with Crippen LogP contribution in [0.2, 0.25) is 0 Å². The van der Waals surface area contributed by atoms with Crippen LogP contribution in [0.4, 0.5) is 4.39 Å². The number of alkyl halides is 1. The zero-order valence-corrected chi connectivity index (χ0v) is 12.4. The second-order valence-electron chi connectivity index (χ2n) is 4.95. The van der Waals surface area contributed by atoms with Gasteiger partial charge in [0.25, 0.3) is 0 Å². The van der Waals surface area contributed by atoms with Crippen molar-refractivity contribution in [1.29, 1.82) is 0 Å². The molecule has 0 aliphatic heterocycles. The Balaban J connectivity index is 2.22. The number of halogens is 3. The summed E-state index contributed by atoms with van der Waals surface area (Å²) in [5.74, 6) is 0.632. The van der Waals surface area contributed by atoms with Crippen molar-refractivity contribution in [1.82, 2.24) is 0 Å². The Morgan fingerprint density at radius 1 is 1.44 bits per heavy atom. The van der Waals surface area contributed by atoms with Crippen LogP contribution < -0.4 is 0 Å². The molecule has 0 N–H and O–H groups in total. The molecule has 1 atom stereocenters. The van der Waals surface area contributed by atoms with Crippen molar-refractivity contribution in [3.05, 3.63) is 34.1 Å². The molecule has 1 aliphatic carbocycles. The fourth-order valence-corrected chi connectivity index (χ4v) is 3.26. The van der Waals surface area contributed by atoms with E-state index in [4.69, 9.17) is 0 Å². The summed E-state index contributed by atoms with van der Waals surface area (Å²) in [5, 5.41) is 0.980. The monoisotopic (exact) mass is 348 g/mol. The lowest BCUT2D eigenvalue weighted by Crippen LogP contribution is -2.24. The van der Waals surface area contributed by atoms with E-state index in [1.165, 1.54) is 18.9 Å². The van der Waals surface area contributed by atoms with Gasteiger partial charge >= 0.3 is 0 Å². The average molecular weight is 350 g/mol. The standard InChI is InChI=1S/C13H15Br2F/c1-13(8-14,10-5-6-10)7-9-3-2-4-11(16)12(9)15/h2-4,10H,5-8H2,1H3. The maximum Gasteiger partial charge on any atom is 0.137 e. The molecule has 0 bridgehead atoms. The van der Waals surface area contributed by atoms with Gasteiger partial charge in [-0.25, -0.2) is 4.39 Å². The highest BCUT2D eigenvalue weighted by Gasteiger charge is 2.40. The van der Waals surface area contributed by atoms with Crippen LogP contribution in [-0.2, 0) is 6.42 Å². The molecule has 0 aromatic heterocycles. The lowest BCUT2D eigenvalue weighted by Gasteiger charge is -2.28. The van der Waals surface area contributed by atoms with Gasteiger partial charge in [-0.3, -0.25) is 0 Å². The predicted octanol–water partition coefficient (Wildman–Crippen LogP) is 4.94. The highest BCUT2D eigenvalue weighted by molar-refractivity contribution is 9.10. The number of hydrogen-bond donors (Lipinski definition) is 0. The Morgan fingerprint density at radius 3 is 2.69 bits per heavy atom. The van der Waals surface area contributed by atoms with E-state index in [1.54, 1.807) is 6.07 Å². The van der Waals surface area contributed by atoms with Crippen LogP contribution >= 0.6 is 31.9 Å². The third kappa shape index (κ3) is 2.51. The van der Waals surface area contributed by atoms with E-state index >= 15 is 0 Å². The molecule has 1 aromatic rings. The molecule has 0 spiro atoms. The molecule has 3 heteroatoms. The van der Waals surface area contributed by atoms with Gasteiger partial charge in [0.15, 0.2) is 0 Å². The first-order chi connectivity index (χ1) is 7.57. The van der Waals surface area contributed by atoms with Gasteiger partial charge in [-0.15, -0.1) is 0 Å². The zero-order valence-electron chi connectivity index (χ0n) is 9.27. The van der Waals surface area contributed by atoms with Gasteiger partial charge in [-0.05, 0) is 58.2 Å². The Bertz CT molecular complexity index is 388. The molecule has 16 heavy (non-hydrogen) atoms. The molecule has 1 aliphatic rings. The maximum absolute atomic E-state index is 13.4. The van der Waals surface area contributed by atoms with E-state index in [1.807, 2.05) is 6.07 Å². The number of hydrogen-bond acceptors (Lipinski definition) is 0. The first-order valence-corrected chi connectivity index (χ1v) is 7.47. The minimum absolute atomic E-state index is 0.162. The maximum atomic E-state index is 13.4. The van der Waals surface area contributed by atoms with E-state index in [2.05, 4.69) is 38.8 Å². The van der Waals surface area contributed by atoms with Gasteiger partial charge < -0.3 is 0 Å². The molecule has 1 fully saturated rings. The van der Waals surface area contributed by atoms with Gasteiger partial charge in [0.1, 0.15) is 5.82 Å². The van der Waals surface area contributed by atoms with Crippen molar-refractivity contribution in [3.8, 4) is 0 Å². The molecule has 0 nitrogen and oxygen atoms in total. The summed E-state index contributed by atoms with van der Waals surface area (Å²) in [6.45, 7) is 2.29. The summed E-state index contributed by atoms with van der Waals surface area (Å²) in [7, 11) is 0. The lowest BCUT2D eigenvalue weighted by molar-refractivity contribution is 0.318. The highest BCUT2D eigenvalue weighted by Crippen LogP contribution is 2.48. The average Bonchev–Trinajstić information content (AvgIpc) is 3.08. The predicted molar refractivity (Wildman–Crippen MR) is 72.4 cm³/mol. The lowest BCUT2D eigenvalue weighted by atomic mass is 9.81. The zero-order chi connectivity index (χ0) is 11.8. The summed E-state index contributed by atoms with van der Waals surface area (Å²) >= 11 is 6.95. The van der Waals surface area contributed by atoms with Crippen molar-refractivity contribution in [3.63, 3.8) is 0 Å². The fraction of sp³-hybridized carbons (Fsp3) is 0.538. The first kappa shape index (κ1) is 12.6. The molecule has 0 radical (unpaired) electrons. The topological polar surface area (TPSA) is 0 Å². The summed E-state index contributed by atoms with van der Waals surface area (Å²) in [6.07, 6.45) is 3.56. The number of rotatable bonds is 4. The van der Waals surface area contributed by atoms with Crippen molar-refractivity contribution in [2.24, 2.45) is 11.3 Å². The Hall–Kier alpha value is 0.110. The molecule has 0 heterocycles. The smallest absolute Gasteiger partial charge is 0.137 e. The van der Waals surface area contributed by atoms with Crippen molar-refractivity contribution in [2.45, 2.75) is 26.2 Å². The molecule has 2 rings (SSSR count). The Kier molecular flexibility index (Phi) is 3.75. The summed E-state index contributed by atoms with van der Waals surface area (Å²) < 4.78 is 14.0. The van der Waals surface area contributed by atoms with Crippen molar-refractivity contribution in [2.75, 3.05) is 5.33 Å². The molecule has 1 saturated carbocycles. The normalized spacial score (nSPS) is 19.5. The van der Waals surface area contributed by atoms with E-state index in [0.29, 0.717) is 4.47 Å². The number of benzene rings is 1. The second-order valence-corrected chi connectivity index (χ2v) is 6.31. The van der Waals surface area contributed by atoms with Gasteiger partial charge in [-0.1, -0.05) is 35.0 Å². The van der Waals surface area contributed by atoms with Crippen LogP contribution in [0, 0.1) is 17.2 Å². The minimum Gasteiger partial charge on any atom is -0.206 e. The van der Waals surface area contributed by atoms with Crippen LogP contribution in [0.1, 0.15) is 25.3 Å². The van der Waals surface area contributed by atoms with Crippen LogP contribution in [0.15, 0.2) is 22.7 Å². The van der Waals surface area contributed by atoms with Gasteiger partial charge in [0.05, 0.1) is 4.47 Å². The van der Waals surface area contributed by atoms with Crippen molar-refractivity contribution >= 4 is 31.9 Å². The van der Waals surface area contributed by atoms with Gasteiger partial charge in [0.2, 0.25) is 0 Å². The van der Waals surface area contributed by atoms with Crippen LogP contribution in [-0.4, -0.2) is 5.33 Å². The van der Waals surface area contributed by atoms with Gasteiger partial charge in [-0.2, -0.15) is 0 Å². The minimum atomic E-state index is -0.162. The van der Waals surface area contributed by atoms with E-state index in [9.17, 15) is 4.39 Å². The molecular weight excluding hydrogens is 335 g/mol. The summed E-state index contributed by atoms with van der Waals surface area (Å²) in [4.78, 5) is 0. The fourth-order valence-electron chi connectivity index (χ4n) is 2.20. The van der Waals surface area contributed by atoms with Crippen LogP contribution in [0.25, 0.3) is 0 Å². The third-order valence-corrected chi connectivity index (χ3v) is 5.66. The quantitative estimate of drug-likeness (QED) is 0.675. The molecule has 1 unspecified atom stereocenters. The van der Waals surface area contributed by atoms with E-state index < -0.39 is 0 Å². The molecule has 1 aromatic carbocycles. The molecule has 88 valence electrons. The molecular formula is C13H15Br2F. The Labute approximate surface area is 113 Å². The largest absolute Gasteiger partial charge is 0.206 e. The Morgan fingerprint density at radius 2 is 2.12 bits per heavy atom. The van der Waals surface area contributed by atoms with Crippen molar-refractivity contribution < 1.29 is 4.39 Å². The first-order valence-electron chi connectivity index (χ1n) is 5.56. The molecule has 0 amide bonds. The van der Waals surface area contributed by atoms with Crippen LogP contribution in [0.3, 0.4) is 0 Å². The summed E-state index contributed by atoms with van der Waals surface area (Å²) in [6, 6.07) is 5.30. The van der Waals surface area contributed by atoms with Gasteiger partial charge in [0, 0.05) is 5.33 Å². The molecule has 0 saturated heterocycles. The summed E-state index contributed by atoms with van der Waals surface area (Å²) in [5.41, 5.74) is 1.34. The van der Waals surface area contributed by atoms with Crippen LogP contribution in [0.5, 0.6) is 0 Å². The third-order valence-electron chi connectivity index (χ3n) is 3.49. The highest BCUT2D eigenvalue weighted by atomic mass is 79.9. The second kappa shape index (κ2) is 4.77. The SMILES string of the molecule is CC(CBr)(Cc1cccc(F)c1Br)C1CC1.